The number of allylic oxidation sites excluding steroid dienone is 2. The predicted octanol–water partition coefficient (Wildman–Crippen LogP) is 5.94. The van der Waals surface area contributed by atoms with E-state index < -0.39 is 23.5 Å². The summed E-state index contributed by atoms with van der Waals surface area (Å²) in [5, 5.41) is 1.38. The Balaban J connectivity index is 2.26. The minimum absolute atomic E-state index is 0.111. The average molecular weight is 396 g/mol. The Morgan fingerprint density at radius 3 is 1.82 bits per heavy atom. The van der Waals surface area contributed by atoms with Crippen molar-refractivity contribution in [2.75, 3.05) is 0 Å². The van der Waals surface area contributed by atoms with Gasteiger partial charge in [-0.1, -0.05) is 45.0 Å². The molecule has 0 saturated heterocycles. The van der Waals surface area contributed by atoms with Gasteiger partial charge >= 0.3 is 12.4 Å². The second kappa shape index (κ2) is 6.54. The Morgan fingerprint density at radius 2 is 1.32 bits per heavy atom. The lowest BCUT2D eigenvalue weighted by Crippen LogP contribution is -2.23. The van der Waals surface area contributed by atoms with Crippen molar-refractivity contribution in [2.45, 2.75) is 33.1 Å². The summed E-state index contributed by atoms with van der Waals surface area (Å²) < 4.78 is 79.1. The van der Waals surface area contributed by atoms with Crippen molar-refractivity contribution in [1.29, 1.82) is 0 Å². The van der Waals surface area contributed by atoms with Crippen LogP contribution in [0.15, 0.2) is 48.0 Å². The Bertz CT molecular complexity index is 1030. The molecule has 0 unspecified atom stereocenters. The summed E-state index contributed by atoms with van der Waals surface area (Å²) >= 11 is 0. The smallest absolute Gasteiger partial charge is 0.166 e. The Morgan fingerprint density at radius 1 is 0.750 bits per heavy atom. The summed E-state index contributed by atoms with van der Waals surface area (Å²) in [5.41, 5.74) is -1.66. The van der Waals surface area contributed by atoms with Crippen molar-refractivity contribution in [1.82, 2.24) is 0 Å². The van der Waals surface area contributed by atoms with Crippen LogP contribution in [0.3, 0.4) is 0 Å². The molecule has 0 nitrogen and oxygen atoms in total. The van der Waals surface area contributed by atoms with E-state index in [1.165, 1.54) is 0 Å². The number of halogens is 6. The van der Waals surface area contributed by atoms with Gasteiger partial charge in [-0.25, -0.2) is 0 Å². The maximum atomic E-state index is 13.2. The van der Waals surface area contributed by atoms with E-state index in [1.54, 1.807) is 24.3 Å². The van der Waals surface area contributed by atoms with Gasteiger partial charge in [0.15, 0.2) is 0 Å². The molecule has 28 heavy (non-hydrogen) atoms. The summed E-state index contributed by atoms with van der Waals surface area (Å²) in [4.78, 5) is 0. The lowest BCUT2D eigenvalue weighted by Gasteiger charge is -2.14. The van der Waals surface area contributed by atoms with Crippen molar-refractivity contribution >= 4 is 12.2 Å². The monoisotopic (exact) mass is 396 g/mol. The van der Waals surface area contributed by atoms with Gasteiger partial charge in [-0.3, -0.25) is 0 Å². The maximum Gasteiger partial charge on any atom is 0.416 e. The molecule has 0 bridgehead atoms. The number of hydrogen-bond acceptors (Lipinski definition) is 0. The molecule has 148 valence electrons. The number of rotatable bonds is 1. The van der Waals surface area contributed by atoms with Crippen molar-refractivity contribution < 1.29 is 26.3 Å². The summed E-state index contributed by atoms with van der Waals surface area (Å²) in [6.07, 6.45) is -4.07. The van der Waals surface area contributed by atoms with Crippen molar-refractivity contribution in [3.63, 3.8) is 0 Å². The highest BCUT2D eigenvalue weighted by molar-refractivity contribution is 5.78. The van der Waals surface area contributed by atoms with Crippen molar-refractivity contribution in [3.05, 3.63) is 69.6 Å². The molecular weight excluding hydrogens is 378 g/mol. The molecule has 1 aliphatic carbocycles. The number of hydrogen-bond donors (Lipinski definition) is 0. The molecular formula is C22H18F6. The van der Waals surface area contributed by atoms with Crippen molar-refractivity contribution in [3.8, 4) is 11.1 Å². The zero-order valence-electron chi connectivity index (χ0n) is 15.5. The largest absolute Gasteiger partial charge is 0.416 e. The van der Waals surface area contributed by atoms with Gasteiger partial charge in [-0.2, -0.15) is 26.3 Å². The lowest BCUT2D eigenvalue weighted by molar-refractivity contribution is -0.143. The lowest BCUT2D eigenvalue weighted by atomic mass is 9.93. The molecule has 0 aliphatic heterocycles. The minimum Gasteiger partial charge on any atom is -0.166 e. The van der Waals surface area contributed by atoms with Crippen molar-refractivity contribution in [2.24, 2.45) is 5.41 Å². The van der Waals surface area contributed by atoms with E-state index >= 15 is 0 Å². The van der Waals surface area contributed by atoms with Crippen LogP contribution in [0.2, 0.25) is 0 Å². The summed E-state index contributed by atoms with van der Waals surface area (Å²) in [5.74, 6) is 0. The van der Waals surface area contributed by atoms with Crippen LogP contribution in [0.25, 0.3) is 23.3 Å². The first kappa shape index (κ1) is 20.2. The first-order valence-electron chi connectivity index (χ1n) is 8.59. The van der Waals surface area contributed by atoms with Crippen LogP contribution in [-0.2, 0) is 12.4 Å². The highest BCUT2D eigenvalue weighted by atomic mass is 19.4. The second-order valence-corrected chi connectivity index (χ2v) is 7.90. The summed E-state index contributed by atoms with van der Waals surface area (Å²) in [7, 11) is 0. The quantitative estimate of drug-likeness (QED) is 0.524. The van der Waals surface area contributed by atoms with Gasteiger partial charge in [0.2, 0.25) is 0 Å². The zero-order chi connectivity index (χ0) is 20.9. The molecule has 0 saturated carbocycles. The summed E-state index contributed by atoms with van der Waals surface area (Å²) in [6, 6.07) is 6.64. The molecule has 0 N–H and O–H groups in total. The van der Waals surface area contributed by atoms with Crippen LogP contribution >= 0.6 is 0 Å². The second-order valence-electron chi connectivity index (χ2n) is 7.90. The molecule has 6 heteroatoms. The highest BCUT2D eigenvalue weighted by Crippen LogP contribution is 2.38. The number of fused-ring (bicyclic) bond motifs is 1. The predicted molar refractivity (Wildman–Crippen MR) is 97.6 cm³/mol. The zero-order valence-corrected chi connectivity index (χ0v) is 15.5. The fourth-order valence-corrected chi connectivity index (χ4v) is 3.20. The van der Waals surface area contributed by atoms with Gasteiger partial charge in [-0.15, -0.1) is 0 Å². The van der Waals surface area contributed by atoms with Gasteiger partial charge in [0.1, 0.15) is 0 Å². The normalized spacial score (nSPS) is 16.0. The fourth-order valence-electron chi connectivity index (χ4n) is 3.20. The van der Waals surface area contributed by atoms with Gasteiger partial charge < -0.3 is 0 Å². The van der Waals surface area contributed by atoms with E-state index in [0.29, 0.717) is 10.8 Å². The molecule has 0 heterocycles. The number of alkyl halides is 6. The molecule has 2 aromatic rings. The average Bonchev–Trinajstić information content (AvgIpc) is 2.92. The maximum absolute atomic E-state index is 13.2. The third-order valence-corrected chi connectivity index (χ3v) is 4.27. The highest BCUT2D eigenvalue weighted by Gasteiger charge is 2.37. The molecule has 0 spiro atoms. The van der Waals surface area contributed by atoms with Gasteiger partial charge in [0.25, 0.3) is 0 Å². The Kier molecular flexibility index (Phi) is 4.72. The molecule has 1 aliphatic rings. The van der Waals surface area contributed by atoms with Gasteiger partial charge in [0.05, 0.1) is 11.1 Å². The van der Waals surface area contributed by atoms with Crippen LogP contribution in [0, 0.1) is 5.41 Å². The van der Waals surface area contributed by atoms with Crippen LogP contribution in [0.5, 0.6) is 0 Å². The van der Waals surface area contributed by atoms with E-state index in [-0.39, 0.29) is 17.0 Å². The van der Waals surface area contributed by atoms with Crippen LogP contribution in [-0.4, -0.2) is 0 Å². The van der Waals surface area contributed by atoms with E-state index in [4.69, 9.17) is 0 Å². The van der Waals surface area contributed by atoms with E-state index in [1.807, 2.05) is 32.9 Å². The topological polar surface area (TPSA) is 0 Å². The number of benzene rings is 2. The molecule has 0 radical (unpaired) electrons. The van der Waals surface area contributed by atoms with E-state index in [0.717, 1.165) is 22.9 Å². The third-order valence-electron chi connectivity index (χ3n) is 4.27. The van der Waals surface area contributed by atoms with Crippen LogP contribution < -0.4 is 10.4 Å². The minimum atomic E-state index is -4.87. The standard InChI is InChI=1S/C22H18F6/c1-20(2,3)12-13-7-14-5-4-6-18(19(14)8-13)15-9-16(21(23,24)25)11-17(10-15)22(26,27)28/h4-12H,1-3H3. The van der Waals surface area contributed by atoms with Gasteiger partial charge in [0, 0.05) is 0 Å². The van der Waals surface area contributed by atoms with E-state index in [2.05, 4.69) is 0 Å². The fraction of sp³-hybridized carbons (Fsp3) is 0.273. The molecule has 2 aromatic carbocycles. The van der Waals surface area contributed by atoms with Crippen LogP contribution in [0.4, 0.5) is 26.3 Å². The molecule has 0 aromatic heterocycles. The first-order chi connectivity index (χ1) is 12.7. The van der Waals surface area contributed by atoms with Crippen LogP contribution in [0.1, 0.15) is 31.9 Å². The molecule has 0 amide bonds. The molecule has 0 atom stereocenters. The van der Waals surface area contributed by atoms with E-state index in [9.17, 15) is 26.3 Å². The Hall–Kier alpha value is -2.50. The van der Waals surface area contributed by atoms with Gasteiger partial charge in [-0.05, 0) is 62.9 Å². The molecule has 0 fully saturated rings. The SMILES string of the molecule is CC(C)(C)C=C1C=c2cccc(-c3cc(C(F)(F)F)cc(C(F)(F)F)c3)c2=C1. The third kappa shape index (κ3) is 4.32. The first-order valence-corrected chi connectivity index (χ1v) is 8.59. The summed E-state index contributed by atoms with van der Waals surface area (Å²) in [6.45, 7) is 6.02. The molecule has 3 rings (SSSR count). The Labute approximate surface area is 158 Å².